The van der Waals surface area contributed by atoms with Crippen molar-refractivity contribution in [2.24, 2.45) is 7.05 Å². The first-order valence-corrected chi connectivity index (χ1v) is 6.18. The molecule has 1 aromatic carbocycles. The van der Waals surface area contributed by atoms with Crippen LogP contribution in [0.1, 0.15) is 11.4 Å². The van der Waals surface area contributed by atoms with Crippen LogP contribution in [-0.4, -0.2) is 14.3 Å². The lowest BCUT2D eigenvalue weighted by Crippen LogP contribution is -2.26. The van der Waals surface area contributed by atoms with Crippen LogP contribution in [0.2, 0.25) is 0 Å². The Hall–Kier alpha value is -2.63. The molecule has 0 saturated heterocycles. The molecule has 102 valence electrons. The lowest BCUT2D eigenvalue weighted by atomic mass is 10.2. The molecule has 0 aliphatic rings. The van der Waals surface area contributed by atoms with Gasteiger partial charge in [-0.2, -0.15) is 5.10 Å². The molecule has 6 heteroatoms. The second-order valence-electron chi connectivity index (χ2n) is 4.66. The van der Waals surface area contributed by atoms with Gasteiger partial charge in [-0.3, -0.25) is 9.25 Å². The lowest BCUT2D eigenvalue weighted by Gasteiger charge is -2.08. The smallest absolute Gasteiger partial charge is 0.372 e. The van der Waals surface area contributed by atoms with Gasteiger partial charge in [-0.25, -0.2) is 9.59 Å². The van der Waals surface area contributed by atoms with Crippen molar-refractivity contribution in [3.05, 3.63) is 62.7 Å². The Bertz CT molecular complexity index is 902. The van der Waals surface area contributed by atoms with E-state index in [-0.39, 0.29) is 0 Å². The van der Waals surface area contributed by atoms with E-state index in [2.05, 4.69) is 5.10 Å². The normalized spacial score (nSPS) is 11.1. The maximum absolute atomic E-state index is 11.9. The zero-order chi connectivity index (χ0) is 14.3. The second kappa shape index (κ2) is 4.48. The summed E-state index contributed by atoms with van der Waals surface area (Å²) in [4.78, 5) is 23.6. The van der Waals surface area contributed by atoms with Crippen LogP contribution in [0.25, 0.3) is 10.9 Å². The van der Waals surface area contributed by atoms with Crippen molar-refractivity contribution >= 4 is 10.9 Å². The fourth-order valence-electron chi connectivity index (χ4n) is 2.29. The van der Waals surface area contributed by atoms with Gasteiger partial charge in [0.15, 0.2) is 0 Å². The summed E-state index contributed by atoms with van der Waals surface area (Å²) >= 11 is 0. The highest BCUT2D eigenvalue weighted by Crippen LogP contribution is 2.10. The van der Waals surface area contributed by atoms with Crippen LogP contribution in [0.15, 0.2) is 44.3 Å². The molecule has 0 unspecified atom stereocenters. The topological polar surface area (TPSA) is 70.0 Å². The van der Waals surface area contributed by atoms with Crippen molar-refractivity contribution in [2.75, 3.05) is 0 Å². The lowest BCUT2D eigenvalue weighted by molar-refractivity contribution is 0.422. The van der Waals surface area contributed by atoms with E-state index in [1.54, 1.807) is 28.9 Å². The average molecular weight is 271 g/mol. The Morgan fingerprint density at radius 1 is 1.25 bits per heavy atom. The van der Waals surface area contributed by atoms with Crippen molar-refractivity contribution in [2.45, 2.75) is 13.5 Å². The van der Waals surface area contributed by atoms with Gasteiger partial charge in [0.1, 0.15) is 0 Å². The predicted octanol–water partition coefficient (Wildman–Crippen LogP) is 1.04. The number of hydrogen-bond donors (Lipinski definition) is 0. The first-order valence-electron chi connectivity index (χ1n) is 6.18. The molecule has 0 radical (unpaired) electrons. The minimum atomic E-state index is -0.660. The summed E-state index contributed by atoms with van der Waals surface area (Å²) < 4.78 is 7.91. The average Bonchev–Trinajstić information content (AvgIpc) is 2.73. The van der Waals surface area contributed by atoms with Gasteiger partial charge in [-0.1, -0.05) is 12.1 Å². The molecule has 3 aromatic rings. The van der Waals surface area contributed by atoms with E-state index in [1.165, 1.54) is 4.57 Å². The number of aryl methyl sites for hydroxylation is 2. The van der Waals surface area contributed by atoms with Gasteiger partial charge in [-0.15, -0.1) is 0 Å². The van der Waals surface area contributed by atoms with E-state index in [1.807, 2.05) is 20.0 Å². The zero-order valence-corrected chi connectivity index (χ0v) is 11.2. The third-order valence-electron chi connectivity index (χ3n) is 3.23. The van der Waals surface area contributed by atoms with Crippen LogP contribution < -0.4 is 11.4 Å². The predicted molar refractivity (Wildman–Crippen MR) is 73.8 cm³/mol. The zero-order valence-electron chi connectivity index (χ0n) is 11.2. The van der Waals surface area contributed by atoms with Gasteiger partial charge in [0, 0.05) is 7.05 Å². The molecule has 3 rings (SSSR count). The van der Waals surface area contributed by atoms with E-state index >= 15 is 0 Å². The van der Waals surface area contributed by atoms with Crippen molar-refractivity contribution in [3.8, 4) is 0 Å². The van der Waals surface area contributed by atoms with E-state index in [0.29, 0.717) is 17.4 Å². The van der Waals surface area contributed by atoms with Crippen LogP contribution in [-0.2, 0) is 13.6 Å². The van der Waals surface area contributed by atoms with Crippen LogP contribution in [0.4, 0.5) is 0 Å². The molecule has 20 heavy (non-hydrogen) atoms. The Balaban J connectivity index is 2.24. The SMILES string of the molecule is Cc1cc(Cn2c(=O)oc(=O)c3ccccc32)n(C)n1. The van der Waals surface area contributed by atoms with Gasteiger partial charge >= 0.3 is 11.4 Å². The fourth-order valence-corrected chi connectivity index (χ4v) is 2.29. The second-order valence-corrected chi connectivity index (χ2v) is 4.66. The molecule has 0 atom stereocenters. The minimum absolute atomic E-state index is 0.306. The van der Waals surface area contributed by atoms with Crippen LogP contribution in [0.3, 0.4) is 0 Å². The molecule has 0 aliphatic carbocycles. The molecule has 0 fully saturated rings. The van der Waals surface area contributed by atoms with Crippen molar-refractivity contribution < 1.29 is 4.42 Å². The highest BCUT2D eigenvalue weighted by atomic mass is 16.4. The van der Waals surface area contributed by atoms with Crippen molar-refractivity contribution in [1.29, 1.82) is 0 Å². The molecule has 6 nitrogen and oxygen atoms in total. The number of para-hydroxylation sites is 1. The summed E-state index contributed by atoms with van der Waals surface area (Å²) in [5, 5.41) is 4.64. The standard InChI is InChI=1S/C14H13N3O3/c1-9-7-10(16(2)15-9)8-17-12-6-4-3-5-11(12)13(18)20-14(17)19/h3-7H,8H2,1-2H3. The number of aromatic nitrogens is 3. The van der Waals surface area contributed by atoms with Crippen LogP contribution in [0.5, 0.6) is 0 Å². The first kappa shape index (κ1) is 12.4. The fraction of sp³-hybridized carbons (Fsp3) is 0.214. The van der Waals surface area contributed by atoms with Crippen molar-refractivity contribution in [3.63, 3.8) is 0 Å². The maximum Gasteiger partial charge on any atom is 0.422 e. The third kappa shape index (κ3) is 1.95. The van der Waals surface area contributed by atoms with Gasteiger partial charge < -0.3 is 4.42 Å². The Morgan fingerprint density at radius 3 is 2.70 bits per heavy atom. The van der Waals surface area contributed by atoms with E-state index in [9.17, 15) is 9.59 Å². The van der Waals surface area contributed by atoms with E-state index in [0.717, 1.165) is 11.4 Å². The molecule has 0 saturated carbocycles. The molecular formula is C14H13N3O3. The first-order chi connectivity index (χ1) is 9.56. The molecule has 2 heterocycles. The highest BCUT2D eigenvalue weighted by Gasteiger charge is 2.11. The summed E-state index contributed by atoms with van der Waals surface area (Å²) in [6.45, 7) is 2.19. The quantitative estimate of drug-likeness (QED) is 0.698. The largest absolute Gasteiger partial charge is 0.422 e. The van der Waals surface area contributed by atoms with Gasteiger partial charge in [0.2, 0.25) is 0 Å². The molecule has 0 spiro atoms. The minimum Gasteiger partial charge on any atom is -0.372 e. The van der Waals surface area contributed by atoms with Crippen LogP contribution in [0, 0.1) is 6.92 Å². The molecule has 0 N–H and O–H groups in total. The summed E-state index contributed by atoms with van der Waals surface area (Å²) in [7, 11) is 1.81. The van der Waals surface area contributed by atoms with E-state index in [4.69, 9.17) is 4.42 Å². The summed E-state index contributed by atoms with van der Waals surface area (Å²) in [6, 6.07) is 8.79. The monoisotopic (exact) mass is 271 g/mol. The third-order valence-corrected chi connectivity index (χ3v) is 3.23. The van der Waals surface area contributed by atoms with Gasteiger partial charge in [0.25, 0.3) is 0 Å². The summed E-state index contributed by atoms with van der Waals surface area (Å²) in [6.07, 6.45) is 0. The highest BCUT2D eigenvalue weighted by molar-refractivity contribution is 5.77. The van der Waals surface area contributed by atoms with Crippen LogP contribution >= 0.6 is 0 Å². The molecular weight excluding hydrogens is 258 g/mol. The van der Waals surface area contributed by atoms with Gasteiger partial charge in [-0.05, 0) is 25.1 Å². The number of hydrogen-bond acceptors (Lipinski definition) is 4. The molecule has 0 bridgehead atoms. The maximum atomic E-state index is 11.9. The van der Waals surface area contributed by atoms with Gasteiger partial charge in [0.05, 0.1) is 28.8 Å². The Morgan fingerprint density at radius 2 is 2.00 bits per heavy atom. The number of nitrogens with zero attached hydrogens (tertiary/aromatic N) is 3. The summed E-state index contributed by atoms with van der Waals surface area (Å²) in [5.74, 6) is -0.660. The molecule has 0 amide bonds. The molecule has 0 aliphatic heterocycles. The number of fused-ring (bicyclic) bond motifs is 1. The molecule has 2 aromatic heterocycles. The Labute approximate surface area is 113 Å². The van der Waals surface area contributed by atoms with E-state index < -0.39 is 11.4 Å². The number of benzene rings is 1. The number of rotatable bonds is 2. The van der Waals surface area contributed by atoms with Crippen molar-refractivity contribution in [1.82, 2.24) is 14.3 Å². The summed E-state index contributed by atoms with van der Waals surface area (Å²) in [5.41, 5.74) is 1.69. The Kier molecular flexibility index (Phi) is 2.78.